The second-order valence-corrected chi connectivity index (χ2v) is 9.01. The number of nitrogens with one attached hydrogen (secondary N) is 1. The number of sulfonamides is 1. The Hall–Kier alpha value is -2.42. The number of halogens is 1. The second-order valence-electron chi connectivity index (χ2n) is 6.68. The lowest BCUT2D eigenvalue weighted by Crippen LogP contribution is -2.44. The largest absolute Gasteiger partial charge is 0.497 e. The van der Waals surface area contributed by atoms with Crippen LogP contribution in [0.1, 0.15) is 24.0 Å². The zero-order valence-corrected chi connectivity index (χ0v) is 17.7. The van der Waals surface area contributed by atoms with Crippen LogP contribution < -0.4 is 10.2 Å². The van der Waals surface area contributed by atoms with Gasteiger partial charge in [-0.3, -0.25) is 4.79 Å². The Kier molecular flexibility index (Phi) is 6.56. The van der Waals surface area contributed by atoms with Crippen LogP contribution in [0.4, 0.5) is 0 Å². The van der Waals surface area contributed by atoms with E-state index in [2.05, 4.69) is 10.5 Å². The third kappa shape index (κ3) is 4.77. The van der Waals surface area contributed by atoms with Gasteiger partial charge in [-0.15, -0.1) is 0 Å². The number of aryl methyl sites for hydroxylation is 1. The summed E-state index contributed by atoms with van der Waals surface area (Å²) in [6.07, 6.45) is 2.57. The van der Waals surface area contributed by atoms with Gasteiger partial charge in [-0.2, -0.15) is 9.41 Å². The van der Waals surface area contributed by atoms with Gasteiger partial charge in [0.1, 0.15) is 11.8 Å². The lowest BCUT2D eigenvalue weighted by molar-refractivity contribution is -0.124. The van der Waals surface area contributed by atoms with E-state index in [1.807, 2.05) is 19.1 Å². The minimum atomic E-state index is -3.79. The van der Waals surface area contributed by atoms with E-state index in [4.69, 9.17) is 16.3 Å². The molecule has 1 fully saturated rings. The van der Waals surface area contributed by atoms with E-state index in [0.29, 0.717) is 17.9 Å². The Balaban J connectivity index is 1.71. The number of hydrogen-bond donors (Lipinski definition) is 1. The topological polar surface area (TPSA) is 88.1 Å². The van der Waals surface area contributed by atoms with Gasteiger partial charge in [0.25, 0.3) is 5.91 Å². The predicted molar refractivity (Wildman–Crippen MR) is 112 cm³/mol. The first-order valence-electron chi connectivity index (χ1n) is 9.08. The molecule has 3 rings (SSSR count). The summed E-state index contributed by atoms with van der Waals surface area (Å²) in [7, 11) is -2.20. The van der Waals surface area contributed by atoms with E-state index in [-0.39, 0.29) is 11.4 Å². The molecule has 29 heavy (non-hydrogen) atoms. The molecule has 9 heteroatoms. The number of hydrazone groups is 1. The highest BCUT2D eigenvalue weighted by Crippen LogP contribution is 2.27. The summed E-state index contributed by atoms with van der Waals surface area (Å²) in [5.41, 5.74) is 4.23. The van der Waals surface area contributed by atoms with Crippen molar-refractivity contribution >= 4 is 33.7 Å². The summed E-state index contributed by atoms with van der Waals surface area (Å²) in [4.78, 5) is 12.7. The van der Waals surface area contributed by atoms with Gasteiger partial charge in [0, 0.05) is 11.6 Å². The highest BCUT2D eigenvalue weighted by Gasteiger charge is 2.39. The van der Waals surface area contributed by atoms with Crippen LogP contribution >= 0.6 is 11.6 Å². The highest BCUT2D eigenvalue weighted by molar-refractivity contribution is 7.89. The van der Waals surface area contributed by atoms with Crippen LogP contribution in [0.15, 0.2) is 52.5 Å². The lowest BCUT2D eigenvalue weighted by atomic mass is 10.1. The van der Waals surface area contributed by atoms with Crippen LogP contribution in [0, 0.1) is 6.92 Å². The molecule has 0 saturated carbocycles. The van der Waals surface area contributed by atoms with Gasteiger partial charge in [-0.25, -0.2) is 13.8 Å². The molecule has 0 bridgehead atoms. The maximum Gasteiger partial charge on any atom is 0.258 e. The van der Waals surface area contributed by atoms with Crippen LogP contribution in [0.25, 0.3) is 0 Å². The van der Waals surface area contributed by atoms with E-state index in [0.717, 1.165) is 16.9 Å². The number of methoxy groups -OCH3 is 1. The summed E-state index contributed by atoms with van der Waals surface area (Å²) in [5.74, 6) is 0.278. The first kappa shape index (κ1) is 21.3. The molecule has 1 N–H and O–H groups in total. The summed E-state index contributed by atoms with van der Waals surface area (Å²) in [6, 6.07) is 10.6. The van der Waals surface area contributed by atoms with Crippen molar-refractivity contribution in [2.45, 2.75) is 30.7 Å². The Bertz CT molecular complexity index is 1020. The standard InChI is InChI=1S/C20H22ClN3O4S/c1-14-12-17(28-2)8-5-15(14)13-22-23-20(25)19-4-3-11-24(19)29(26,27)18-9-6-16(21)7-10-18/h5-10,12-13,19H,3-4,11H2,1-2H3,(H,23,25)/b22-13-/t19-/m0/s1. The Morgan fingerprint density at radius 1 is 1.28 bits per heavy atom. The first-order chi connectivity index (χ1) is 13.8. The van der Waals surface area contributed by atoms with Gasteiger partial charge in [0.15, 0.2) is 0 Å². The predicted octanol–water partition coefficient (Wildman–Crippen LogP) is 2.96. The van der Waals surface area contributed by atoms with Gasteiger partial charge in [0.2, 0.25) is 10.0 Å². The minimum absolute atomic E-state index is 0.110. The Morgan fingerprint density at radius 2 is 2.00 bits per heavy atom. The van der Waals surface area contributed by atoms with Crippen LogP contribution in [0.2, 0.25) is 5.02 Å². The van der Waals surface area contributed by atoms with Crippen LogP contribution in [0.3, 0.4) is 0 Å². The molecule has 7 nitrogen and oxygen atoms in total. The van der Waals surface area contributed by atoms with E-state index < -0.39 is 22.0 Å². The van der Waals surface area contributed by atoms with Crippen molar-refractivity contribution < 1.29 is 17.9 Å². The summed E-state index contributed by atoms with van der Waals surface area (Å²) < 4.78 is 32.2. The molecule has 0 aromatic heterocycles. The van der Waals surface area contributed by atoms with E-state index in [1.54, 1.807) is 13.2 Å². The van der Waals surface area contributed by atoms with Crippen molar-refractivity contribution in [3.05, 3.63) is 58.6 Å². The van der Waals surface area contributed by atoms with Crippen molar-refractivity contribution in [1.82, 2.24) is 9.73 Å². The number of nitrogens with zero attached hydrogens (tertiary/aromatic N) is 2. The number of benzene rings is 2. The molecule has 1 atom stereocenters. The fourth-order valence-electron chi connectivity index (χ4n) is 3.19. The SMILES string of the molecule is COc1ccc(/C=N\NC(=O)[C@@H]2CCCN2S(=O)(=O)c2ccc(Cl)cc2)c(C)c1. The van der Waals surface area contributed by atoms with E-state index in [1.165, 1.54) is 34.8 Å². The van der Waals surface area contributed by atoms with Gasteiger partial charge in [-0.1, -0.05) is 11.6 Å². The van der Waals surface area contributed by atoms with Gasteiger partial charge >= 0.3 is 0 Å². The molecule has 1 aliphatic rings. The summed E-state index contributed by atoms with van der Waals surface area (Å²) in [6.45, 7) is 2.19. The van der Waals surface area contributed by atoms with Gasteiger partial charge in [0.05, 0.1) is 18.2 Å². The molecule has 1 amide bonds. The summed E-state index contributed by atoms with van der Waals surface area (Å²) >= 11 is 5.84. The number of amides is 1. The molecule has 2 aromatic rings. The molecule has 0 spiro atoms. The number of carbonyl (C=O) groups excluding carboxylic acids is 1. The fraction of sp³-hybridized carbons (Fsp3) is 0.300. The highest BCUT2D eigenvalue weighted by atomic mass is 35.5. The monoisotopic (exact) mass is 435 g/mol. The second kappa shape index (κ2) is 8.94. The van der Waals surface area contributed by atoms with Gasteiger partial charge in [-0.05, 0) is 73.4 Å². The van der Waals surface area contributed by atoms with Crippen molar-refractivity contribution in [3.8, 4) is 5.75 Å². The normalized spacial score (nSPS) is 17.6. The first-order valence-corrected chi connectivity index (χ1v) is 10.9. The molecule has 0 radical (unpaired) electrons. The van der Waals surface area contributed by atoms with Crippen molar-refractivity contribution in [2.24, 2.45) is 5.10 Å². The molecule has 0 unspecified atom stereocenters. The number of carbonyl (C=O) groups is 1. The molecule has 2 aromatic carbocycles. The average molecular weight is 436 g/mol. The lowest BCUT2D eigenvalue weighted by Gasteiger charge is -2.22. The van der Waals surface area contributed by atoms with Gasteiger partial charge < -0.3 is 4.74 Å². The maximum absolute atomic E-state index is 12.9. The minimum Gasteiger partial charge on any atom is -0.497 e. The Labute approximate surface area is 175 Å². The van der Waals surface area contributed by atoms with Crippen LogP contribution in [-0.2, 0) is 14.8 Å². The molecule has 1 saturated heterocycles. The average Bonchev–Trinajstić information content (AvgIpc) is 3.20. The number of rotatable bonds is 6. The Morgan fingerprint density at radius 3 is 2.66 bits per heavy atom. The zero-order valence-electron chi connectivity index (χ0n) is 16.1. The smallest absolute Gasteiger partial charge is 0.258 e. The molecule has 1 heterocycles. The van der Waals surface area contributed by atoms with E-state index >= 15 is 0 Å². The molecular weight excluding hydrogens is 414 g/mol. The fourth-order valence-corrected chi connectivity index (χ4v) is 4.97. The zero-order chi connectivity index (χ0) is 21.0. The number of ether oxygens (including phenoxy) is 1. The van der Waals surface area contributed by atoms with Crippen LogP contribution in [0.5, 0.6) is 5.75 Å². The molecule has 154 valence electrons. The maximum atomic E-state index is 12.9. The van der Waals surface area contributed by atoms with Crippen LogP contribution in [-0.4, -0.2) is 44.5 Å². The molecule has 1 aliphatic heterocycles. The quantitative estimate of drug-likeness (QED) is 0.558. The van der Waals surface area contributed by atoms with Crippen molar-refractivity contribution in [3.63, 3.8) is 0 Å². The van der Waals surface area contributed by atoms with Crippen molar-refractivity contribution in [2.75, 3.05) is 13.7 Å². The molecule has 0 aliphatic carbocycles. The third-order valence-electron chi connectivity index (χ3n) is 4.78. The molecular formula is C20H22ClN3O4S. The third-order valence-corrected chi connectivity index (χ3v) is 6.96. The number of hydrogen-bond acceptors (Lipinski definition) is 5. The summed E-state index contributed by atoms with van der Waals surface area (Å²) in [5, 5.41) is 4.45. The van der Waals surface area contributed by atoms with E-state index in [9.17, 15) is 13.2 Å². The van der Waals surface area contributed by atoms with Crippen molar-refractivity contribution in [1.29, 1.82) is 0 Å².